The van der Waals surface area contributed by atoms with Crippen molar-refractivity contribution in [3.05, 3.63) is 147 Å². The number of fused-ring (bicyclic) bond motifs is 15. The fourth-order valence-electron chi connectivity index (χ4n) is 17.2. The number of phenolic OH excluding ortho intramolecular Hbond substituents is 3. The van der Waals surface area contributed by atoms with Crippen molar-refractivity contribution in [2.75, 3.05) is 20.3 Å². The molecule has 0 spiro atoms. The standard InChI is InChI=1S/C92H118Cl2N10O27/c1-9-10-11-12-13-14-15-16-17-18-29-123-52-24-19-46(20-25-52)41-98-92(7)40-68(125-45(5)82(92)114)130-80-77(112)76(111)65(42-105)128-90(80)131-79-63-34-50-35-64(79)127-62-28-23-49(33-56(62)94)78(129-67-39-91(6,96)81(113)44(4)124-67)74-88(120)102-72(89(121)122)54-36-51(106)37-60(108)69(54)53-31-47(21-26-59(53)107)70(85(117)104-74)101-86(118)71(50)100-84(116)58(38-66(95)109)99-87(119)73(103-83(115)57(97-8)30-43(2)3)75(110)48-22-27-61(126-63)55(93)32-48/h19-28,31-37,43-45,57-58,65,67-68,70-78,80-82,90,97-98,105-108,110-114H,9-18,29-30,38-42,96H2,1-8H3,(H2,95,109)(H,99,119)(H,100,116)(H,101,118)(H,102,120)(H,103,115)(H,104,117)(H,121,122)/t44-,45-,57+,58-,65+,67-,68-,70+,71+,72-,73+,74-,75+,76+,77-,78+,80+,81-,82-,90-,91-,92-/m0/s1. The minimum atomic E-state index is -2.39. The molecule has 0 aromatic heterocycles. The lowest BCUT2D eigenvalue weighted by Gasteiger charge is -2.48. The van der Waals surface area contributed by atoms with E-state index < -0.39 is 261 Å². The number of unbranched alkanes of at least 4 members (excludes halogenated alkanes) is 9. The van der Waals surface area contributed by atoms with Crippen molar-refractivity contribution < 1.29 is 132 Å². The number of phenols is 3. The van der Waals surface area contributed by atoms with Crippen LogP contribution in [0.3, 0.4) is 0 Å². The number of rotatable bonds is 30. The molecule has 712 valence electrons. The molecule has 37 nitrogen and oxygen atoms in total. The Bertz CT molecular complexity index is 5100. The first-order valence-corrected chi connectivity index (χ1v) is 44.8. The molecule has 0 aliphatic carbocycles. The number of nitrogens with two attached hydrogens (primary N) is 2. The lowest BCUT2D eigenvalue weighted by molar-refractivity contribution is -0.334. The molecule has 14 rings (SSSR count). The van der Waals surface area contributed by atoms with E-state index in [2.05, 4.69) is 49.5 Å². The van der Waals surface area contributed by atoms with Gasteiger partial charge in [0.15, 0.2) is 36.2 Å². The second kappa shape index (κ2) is 43.6. The summed E-state index contributed by atoms with van der Waals surface area (Å²) < 4.78 is 59.2. The predicted molar refractivity (Wildman–Crippen MR) is 472 cm³/mol. The third kappa shape index (κ3) is 23.8. The smallest absolute Gasteiger partial charge is 0.330 e. The Balaban J connectivity index is 1.02. The average molecular weight is 1870 g/mol. The second-order valence-electron chi connectivity index (χ2n) is 35.2. The molecule has 0 radical (unpaired) electrons. The molecule has 6 aromatic carbocycles. The normalized spacial score (nSPS) is 28.9. The summed E-state index contributed by atoms with van der Waals surface area (Å²) >= 11 is 14.7. The van der Waals surface area contributed by atoms with Crippen LogP contribution in [0.15, 0.2) is 103 Å². The molecule has 3 fully saturated rings. The predicted octanol–water partition coefficient (Wildman–Crippen LogP) is 6.47. The SMILES string of the molecule is CCCCCCCCCCCCOc1ccc(CN[C@@]2(C)C[C@H](O[C@H]3[C@H](Oc4c5cc6cc4Oc4ccc(cc4Cl)[C@@H](O[C@H]4C[C@](C)(N)[C@@H](O)[C@H](C)O4)[C@@H]4NC(=O)[C@H](NC(=O)[C@@H]6NC(=O)[C@H](CC(N)=O)NC(=O)[C@H](NC(=O)[C@@H](CC(C)C)NC)[C@H](O)c6ccc(c(Cl)c6)O5)c5ccc(O)c(c5)-c5c(O)cc(O)cc5[C@@H](C(=O)O)NC4=O)O[C@H](CO)[C@@H](O)[C@@H]3O)O[C@@H](C)[C@@H]2O)cc1. The van der Waals surface area contributed by atoms with Crippen LogP contribution in [0.2, 0.25) is 10.0 Å². The van der Waals surface area contributed by atoms with Crippen molar-refractivity contribution in [3.8, 4) is 62.9 Å². The lowest BCUT2D eigenvalue weighted by Crippen LogP contribution is -2.65. The zero-order valence-corrected chi connectivity index (χ0v) is 75.3. The molecule has 8 aliphatic rings. The molecule has 39 heteroatoms. The molecule has 0 saturated carbocycles. The van der Waals surface area contributed by atoms with E-state index in [0.717, 1.165) is 73.4 Å². The van der Waals surface area contributed by atoms with E-state index in [4.69, 9.17) is 77.3 Å². The van der Waals surface area contributed by atoms with Crippen LogP contribution < -0.4 is 72.9 Å². The molecule has 0 unspecified atom stereocenters. The highest BCUT2D eigenvalue weighted by Gasteiger charge is 2.53. The van der Waals surface area contributed by atoms with Gasteiger partial charge in [-0.05, 0) is 148 Å². The van der Waals surface area contributed by atoms with Gasteiger partial charge in [0.2, 0.25) is 53.4 Å². The van der Waals surface area contributed by atoms with Crippen molar-refractivity contribution in [2.45, 2.75) is 278 Å². The first kappa shape index (κ1) is 99.7. The number of aliphatic carboxylic acids is 1. The van der Waals surface area contributed by atoms with Gasteiger partial charge in [0.05, 0.1) is 60.1 Å². The number of carboxylic acids is 1. The Morgan fingerprint density at radius 1 is 0.634 bits per heavy atom. The zero-order chi connectivity index (χ0) is 94.8. The Morgan fingerprint density at radius 3 is 1.84 bits per heavy atom. The van der Waals surface area contributed by atoms with Crippen molar-refractivity contribution in [2.24, 2.45) is 17.4 Å². The van der Waals surface area contributed by atoms with E-state index in [-0.39, 0.29) is 59.2 Å². The molecular weight excluding hydrogens is 1750 g/mol. The van der Waals surface area contributed by atoms with Crippen molar-refractivity contribution >= 4 is 70.5 Å². The van der Waals surface area contributed by atoms with Crippen molar-refractivity contribution in [1.82, 2.24) is 42.5 Å². The minimum Gasteiger partial charge on any atom is -0.508 e. The number of primary amides is 1. The number of likely N-dealkylation sites (N-methyl/N-ethyl adjacent to an activating group) is 1. The largest absolute Gasteiger partial charge is 0.508 e. The number of halogens is 2. The van der Waals surface area contributed by atoms with Gasteiger partial charge in [-0.3, -0.25) is 33.6 Å². The fraction of sp³-hybridized carbons (Fsp3) is 0.522. The topological polar surface area (TPSA) is 570 Å². The van der Waals surface area contributed by atoms with Crippen LogP contribution in [0, 0.1) is 5.92 Å². The van der Waals surface area contributed by atoms with Crippen molar-refractivity contribution in [1.29, 1.82) is 0 Å². The van der Waals surface area contributed by atoms with Crippen LogP contribution in [0.4, 0.5) is 0 Å². The van der Waals surface area contributed by atoms with Gasteiger partial charge in [-0.1, -0.05) is 132 Å². The number of carboxylic acid groups (broad SMARTS) is 1. The van der Waals surface area contributed by atoms with E-state index in [9.17, 15) is 65.4 Å². The number of aromatic hydroxyl groups is 3. The summed E-state index contributed by atoms with van der Waals surface area (Å²) in [6, 6.07) is 7.17. The maximum Gasteiger partial charge on any atom is 0.330 e. The van der Waals surface area contributed by atoms with Gasteiger partial charge < -0.3 is 148 Å². The molecule has 6 aromatic rings. The molecule has 7 amide bonds. The van der Waals surface area contributed by atoms with Crippen molar-refractivity contribution in [3.63, 3.8) is 0 Å². The maximum absolute atomic E-state index is 16.6. The van der Waals surface area contributed by atoms with Crippen LogP contribution >= 0.6 is 23.2 Å². The van der Waals surface area contributed by atoms with E-state index >= 15 is 24.0 Å². The second-order valence-corrected chi connectivity index (χ2v) is 36.0. The zero-order valence-electron chi connectivity index (χ0n) is 73.8. The number of amides is 7. The summed E-state index contributed by atoms with van der Waals surface area (Å²) in [7, 11) is 1.48. The van der Waals surface area contributed by atoms with E-state index in [1.165, 1.54) is 96.2 Å². The summed E-state index contributed by atoms with van der Waals surface area (Å²) in [6.45, 7) is 11.9. The summed E-state index contributed by atoms with van der Waals surface area (Å²) in [4.78, 5) is 121. The first-order chi connectivity index (χ1) is 62.3. The Hall–Kier alpha value is -10.3. The molecule has 11 bridgehead atoms. The molecule has 22 N–H and O–H groups in total. The molecule has 131 heavy (non-hydrogen) atoms. The number of hydrogen-bond donors (Lipinski definition) is 20. The summed E-state index contributed by atoms with van der Waals surface area (Å²) in [6.07, 6.45) is -11.1. The quantitative estimate of drug-likeness (QED) is 0.0215. The molecule has 8 heterocycles. The highest BCUT2D eigenvalue weighted by Crippen LogP contribution is 2.51. The maximum atomic E-state index is 16.6. The van der Waals surface area contributed by atoms with Gasteiger partial charge in [-0.15, -0.1) is 0 Å². The van der Waals surface area contributed by atoms with E-state index in [0.29, 0.717) is 12.4 Å². The number of nitrogens with one attached hydrogen (secondary N) is 8. The summed E-state index contributed by atoms with van der Waals surface area (Å²) in [5.41, 5.74) is 7.86. The Labute approximate surface area is 766 Å². The van der Waals surface area contributed by atoms with Gasteiger partial charge in [0, 0.05) is 53.2 Å². The number of aliphatic hydroxyl groups is 6. The number of hydrogen-bond acceptors (Lipinski definition) is 29. The minimum absolute atomic E-state index is 0.118. The van der Waals surface area contributed by atoms with Gasteiger partial charge in [-0.25, -0.2) is 4.79 Å². The third-order valence-corrected chi connectivity index (χ3v) is 25.1. The van der Waals surface area contributed by atoms with Crippen LogP contribution in [0.5, 0.6) is 51.7 Å². The third-order valence-electron chi connectivity index (χ3n) is 24.5. The number of carbonyl (C=O) groups excluding carboxylic acids is 7. The molecular formula is C92H118Cl2N10O27. The van der Waals surface area contributed by atoms with Crippen LogP contribution in [-0.2, 0) is 68.6 Å². The lowest BCUT2D eigenvalue weighted by atomic mass is 9.84. The van der Waals surface area contributed by atoms with Gasteiger partial charge in [0.1, 0.15) is 95.2 Å². The number of benzene rings is 6. The van der Waals surface area contributed by atoms with Gasteiger partial charge >= 0.3 is 5.97 Å². The first-order valence-electron chi connectivity index (χ1n) is 44.0. The molecule has 8 aliphatic heterocycles. The Kier molecular flexibility index (Phi) is 33.2. The van der Waals surface area contributed by atoms with Gasteiger partial charge in [-0.2, -0.15) is 0 Å². The number of carbonyl (C=O) groups is 8. The van der Waals surface area contributed by atoms with Crippen LogP contribution in [0.25, 0.3) is 11.1 Å². The summed E-state index contributed by atoms with van der Waals surface area (Å²) in [5.74, 6) is -15.4. The highest BCUT2D eigenvalue weighted by molar-refractivity contribution is 6.32. The number of aliphatic hydroxyl groups excluding tert-OH is 6. The number of ether oxygens (including phenoxy) is 9. The highest BCUT2D eigenvalue weighted by atomic mass is 35.5. The molecule has 22 atom stereocenters. The summed E-state index contributed by atoms with van der Waals surface area (Å²) in [5, 5.41) is 138. The Morgan fingerprint density at radius 2 is 1.23 bits per heavy atom. The molecule has 3 saturated heterocycles. The van der Waals surface area contributed by atoms with Crippen LogP contribution in [0.1, 0.15) is 202 Å². The fourth-order valence-corrected chi connectivity index (χ4v) is 17.6. The monoisotopic (exact) mass is 1860 g/mol. The van der Waals surface area contributed by atoms with E-state index in [1.807, 2.05) is 38.1 Å². The van der Waals surface area contributed by atoms with E-state index in [1.54, 1.807) is 13.8 Å². The average Bonchev–Trinajstić information content (AvgIpc) is 0.765. The van der Waals surface area contributed by atoms with Crippen LogP contribution in [-0.4, -0.2) is 222 Å². The van der Waals surface area contributed by atoms with Gasteiger partial charge in [0.25, 0.3) is 0 Å².